The highest BCUT2D eigenvalue weighted by Gasteiger charge is 2.33. The van der Waals surface area contributed by atoms with Gasteiger partial charge in [0.05, 0.1) is 18.2 Å². The van der Waals surface area contributed by atoms with Gasteiger partial charge in [0.1, 0.15) is 0 Å². The topological polar surface area (TPSA) is 58.8 Å². The van der Waals surface area contributed by atoms with E-state index in [1.807, 2.05) is 11.8 Å². The molecule has 0 aromatic carbocycles. The molecule has 0 radical (unpaired) electrons. The summed E-state index contributed by atoms with van der Waals surface area (Å²) in [5.74, 6) is 0.129. The first kappa shape index (κ1) is 21.9. The Kier molecular flexibility index (Phi) is 9.90. The van der Waals surface area contributed by atoms with Gasteiger partial charge in [-0.25, -0.2) is 0 Å². The van der Waals surface area contributed by atoms with E-state index < -0.39 is 0 Å². The van der Waals surface area contributed by atoms with Crippen LogP contribution >= 0.6 is 24.8 Å². The third kappa shape index (κ3) is 5.53. The number of hydrogen-bond acceptors (Lipinski definition) is 4. The molecule has 0 aliphatic carbocycles. The Morgan fingerprint density at radius 2 is 1.86 bits per heavy atom. The van der Waals surface area contributed by atoms with E-state index in [4.69, 9.17) is 10.5 Å². The zero-order valence-corrected chi connectivity index (χ0v) is 15.5. The smallest absolute Gasteiger partial charge is 0.239 e. The summed E-state index contributed by atoms with van der Waals surface area (Å²) in [5, 5.41) is 0. The minimum Gasteiger partial charge on any atom is -0.373 e. The SMILES string of the molecule is CC[C@H](N)C(=O)N1CCCC1CN1CC(C)OC(C)C1.Cl.Cl. The monoisotopic (exact) mass is 355 g/mol. The maximum Gasteiger partial charge on any atom is 0.239 e. The predicted molar refractivity (Wildman–Crippen MR) is 93.9 cm³/mol. The van der Waals surface area contributed by atoms with Crippen LogP contribution in [0.2, 0.25) is 0 Å². The van der Waals surface area contributed by atoms with E-state index in [1.54, 1.807) is 0 Å². The van der Waals surface area contributed by atoms with Gasteiger partial charge in [0.25, 0.3) is 0 Å². The van der Waals surface area contributed by atoms with Gasteiger partial charge < -0.3 is 15.4 Å². The van der Waals surface area contributed by atoms with E-state index in [0.717, 1.165) is 39.0 Å². The average Bonchev–Trinajstić information content (AvgIpc) is 2.83. The van der Waals surface area contributed by atoms with E-state index in [9.17, 15) is 4.79 Å². The van der Waals surface area contributed by atoms with Gasteiger partial charge in [-0.15, -0.1) is 24.8 Å². The molecule has 2 N–H and O–H groups in total. The number of amides is 1. The molecule has 5 nitrogen and oxygen atoms in total. The number of ether oxygens (including phenoxy) is 1. The van der Waals surface area contributed by atoms with Crippen molar-refractivity contribution >= 4 is 30.7 Å². The molecule has 1 amide bonds. The van der Waals surface area contributed by atoms with Gasteiger partial charge in [-0.2, -0.15) is 0 Å². The summed E-state index contributed by atoms with van der Waals surface area (Å²) >= 11 is 0. The first-order chi connectivity index (χ1) is 9.51. The standard InChI is InChI=1S/C15H29N3O2.2ClH/c1-4-14(16)15(19)18-7-5-6-13(18)10-17-8-11(2)20-12(3)9-17;;/h11-14H,4-10,16H2,1-3H3;2*1H/t11?,12?,13?,14-;;/m0../s1. The molecular weight excluding hydrogens is 325 g/mol. The number of likely N-dealkylation sites (tertiary alicyclic amines) is 1. The maximum absolute atomic E-state index is 12.3. The zero-order chi connectivity index (χ0) is 14.7. The zero-order valence-electron chi connectivity index (χ0n) is 13.9. The molecule has 7 heteroatoms. The summed E-state index contributed by atoms with van der Waals surface area (Å²) in [5.41, 5.74) is 5.91. The molecule has 2 aliphatic heterocycles. The summed E-state index contributed by atoms with van der Waals surface area (Å²) < 4.78 is 5.77. The minimum absolute atomic E-state index is 0. The first-order valence-electron chi connectivity index (χ1n) is 7.95. The molecule has 0 saturated carbocycles. The number of nitrogens with zero attached hydrogens (tertiary/aromatic N) is 2. The van der Waals surface area contributed by atoms with Crippen molar-refractivity contribution in [2.45, 2.75) is 64.3 Å². The van der Waals surface area contributed by atoms with Crippen LogP contribution in [-0.4, -0.2) is 66.2 Å². The summed E-state index contributed by atoms with van der Waals surface area (Å²) in [6.45, 7) is 9.96. The fourth-order valence-corrected chi connectivity index (χ4v) is 3.43. The molecular formula is C15H31Cl2N3O2. The molecule has 2 heterocycles. The molecule has 2 aliphatic rings. The Morgan fingerprint density at radius 1 is 1.27 bits per heavy atom. The highest BCUT2D eigenvalue weighted by molar-refractivity contribution is 5.85. The van der Waals surface area contributed by atoms with Crippen LogP contribution in [0.3, 0.4) is 0 Å². The highest BCUT2D eigenvalue weighted by Crippen LogP contribution is 2.21. The van der Waals surface area contributed by atoms with Crippen LogP contribution in [0.15, 0.2) is 0 Å². The largest absolute Gasteiger partial charge is 0.373 e. The Morgan fingerprint density at radius 3 is 2.41 bits per heavy atom. The third-order valence-corrected chi connectivity index (χ3v) is 4.38. The minimum atomic E-state index is -0.335. The lowest BCUT2D eigenvalue weighted by Crippen LogP contribution is -2.53. The molecule has 4 atom stereocenters. The number of carbonyl (C=O) groups excluding carboxylic acids is 1. The molecule has 2 rings (SSSR count). The van der Waals surface area contributed by atoms with Gasteiger partial charge >= 0.3 is 0 Å². The lowest BCUT2D eigenvalue weighted by atomic mass is 10.1. The fraction of sp³-hybridized carbons (Fsp3) is 0.933. The number of morpholine rings is 1. The number of hydrogen-bond donors (Lipinski definition) is 1. The van der Waals surface area contributed by atoms with Crippen molar-refractivity contribution in [2.75, 3.05) is 26.2 Å². The van der Waals surface area contributed by atoms with Crippen LogP contribution in [0.5, 0.6) is 0 Å². The van der Waals surface area contributed by atoms with E-state index in [-0.39, 0.29) is 49.0 Å². The number of rotatable bonds is 4. The van der Waals surface area contributed by atoms with Gasteiger partial charge in [-0.05, 0) is 33.1 Å². The second-order valence-corrected chi connectivity index (χ2v) is 6.32. The molecule has 0 aromatic heterocycles. The van der Waals surface area contributed by atoms with Crippen LogP contribution in [0.25, 0.3) is 0 Å². The Bertz CT molecular complexity index is 337. The number of carbonyl (C=O) groups is 1. The maximum atomic E-state index is 12.3. The normalized spacial score (nSPS) is 30.4. The Labute approximate surface area is 146 Å². The number of nitrogens with two attached hydrogens (primary N) is 1. The molecule has 22 heavy (non-hydrogen) atoms. The van der Waals surface area contributed by atoms with Crippen LogP contribution in [0.4, 0.5) is 0 Å². The van der Waals surface area contributed by atoms with Crippen molar-refractivity contribution in [1.29, 1.82) is 0 Å². The molecule has 3 unspecified atom stereocenters. The van der Waals surface area contributed by atoms with Gasteiger partial charge in [0.15, 0.2) is 0 Å². The van der Waals surface area contributed by atoms with E-state index in [1.165, 1.54) is 0 Å². The summed E-state index contributed by atoms with van der Waals surface area (Å²) in [7, 11) is 0. The number of halogens is 2. The van der Waals surface area contributed by atoms with Crippen molar-refractivity contribution in [3.63, 3.8) is 0 Å². The van der Waals surface area contributed by atoms with Gasteiger partial charge in [0, 0.05) is 32.2 Å². The van der Waals surface area contributed by atoms with Gasteiger partial charge in [0.2, 0.25) is 5.91 Å². The molecule has 0 aromatic rings. The average molecular weight is 356 g/mol. The summed E-state index contributed by atoms with van der Waals surface area (Å²) in [6.07, 6.45) is 3.47. The molecule has 0 bridgehead atoms. The third-order valence-electron chi connectivity index (χ3n) is 4.38. The van der Waals surface area contributed by atoms with Crippen LogP contribution in [0.1, 0.15) is 40.0 Å². The summed E-state index contributed by atoms with van der Waals surface area (Å²) in [6, 6.07) is -0.00395. The highest BCUT2D eigenvalue weighted by atomic mass is 35.5. The second-order valence-electron chi connectivity index (χ2n) is 6.32. The predicted octanol–water partition coefficient (Wildman–Crippen LogP) is 1.67. The van der Waals surface area contributed by atoms with Crippen molar-refractivity contribution in [1.82, 2.24) is 9.80 Å². The van der Waals surface area contributed by atoms with Crippen molar-refractivity contribution < 1.29 is 9.53 Å². The van der Waals surface area contributed by atoms with Gasteiger partial charge in [-0.3, -0.25) is 9.69 Å². The second kappa shape index (κ2) is 9.93. The van der Waals surface area contributed by atoms with Crippen molar-refractivity contribution in [3.05, 3.63) is 0 Å². The molecule has 0 spiro atoms. The molecule has 2 fully saturated rings. The molecule has 132 valence electrons. The first-order valence-corrected chi connectivity index (χ1v) is 7.95. The summed E-state index contributed by atoms with van der Waals surface area (Å²) in [4.78, 5) is 16.8. The lowest BCUT2D eigenvalue weighted by Gasteiger charge is -2.38. The molecule has 2 saturated heterocycles. The van der Waals surface area contributed by atoms with Crippen molar-refractivity contribution in [3.8, 4) is 0 Å². The van der Waals surface area contributed by atoms with Gasteiger partial charge in [-0.1, -0.05) is 6.92 Å². The lowest BCUT2D eigenvalue weighted by molar-refractivity contribution is -0.134. The fourth-order valence-electron chi connectivity index (χ4n) is 3.43. The van der Waals surface area contributed by atoms with Crippen LogP contribution in [0, 0.1) is 0 Å². The quantitative estimate of drug-likeness (QED) is 0.833. The van der Waals surface area contributed by atoms with E-state index in [2.05, 4.69) is 18.7 Å². The van der Waals surface area contributed by atoms with E-state index >= 15 is 0 Å². The van der Waals surface area contributed by atoms with E-state index in [0.29, 0.717) is 12.5 Å². The van der Waals surface area contributed by atoms with Crippen molar-refractivity contribution in [2.24, 2.45) is 5.73 Å². The van der Waals surface area contributed by atoms with Crippen LogP contribution < -0.4 is 5.73 Å². The Balaban J connectivity index is 0.00000220. The van der Waals surface area contributed by atoms with Crippen LogP contribution in [-0.2, 0) is 9.53 Å². The Hall–Kier alpha value is -0.0700.